The summed E-state index contributed by atoms with van der Waals surface area (Å²) < 4.78 is 10.4. The van der Waals surface area contributed by atoms with Crippen molar-refractivity contribution in [2.45, 2.75) is 58.2 Å². The fraction of sp³-hybridized carbons (Fsp3) is 0.478. The number of aromatic hydroxyl groups is 1. The molecule has 0 saturated carbocycles. The number of rotatable bonds is 6. The topological polar surface area (TPSA) is 38.7 Å². The van der Waals surface area contributed by atoms with Gasteiger partial charge in [0.15, 0.2) is 6.79 Å². The average Bonchev–Trinajstić information content (AvgIpc) is 2.59. The van der Waals surface area contributed by atoms with E-state index in [1.165, 1.54) is 0 Å². The van der Waals surface area contributed by atoms with Gasteiger partial charge in [0.05, 0.1) is 0 Å². The van der Waals surface area contributed by atoms with Crippen LogP contribution in [0.3, 0.4) is 0 Å². The summed E-state index contributed by atoms with van der Waals surface area (Å²) in [4.78, 5) is 0. The van der Waals surface area contributed by atoms with Crippen molar-refractivity contribution >= 4 is 18.8 Å². The minimum atomic E-state index is -1.83. The standard InChI is InChI=1S/C23H32O3Si/c1-16(2)27(17(3)4,18(5)6)12-11-19-9-8-10-20-13-21(26-15-25-7)14-22(24)23(19)20/h8-10,13-14,16-18,24H,15H2,1-7H3. The number of benzene rings is 2. The number of methoxy groups -OCH3 is 1. The number of ether oxygens (including phenoxy) is 2. The summed E-state index contributed by atoms with van der Waals surface area (Å²) in [5.41, 5.74) is 6.34. The Bertz CT molecular complexity index is 822. The highest BCUT2D eigenvalue weighted by Crippen LogP contribution is 2.41. The van der Waals surface area contributed by atoms with Crippen LogP contribution in [0.2, 0.25) is 16.6 Å². The molecule has 1 N–H and O–H groups in total. The van der Waals surface area contributed by atoms with E-state index in [2.05, 4.69) is 53.0 Å². The summed E-state index contributed by atoms with van der Waals surface area (Å²) in [5.74, 6) is 4.24. The lowest BCUT2D eigenvalue weighted by Gasteiger charge is -2.38. The molecular formula is C23H32O3Si. The Morgan fingerprint density at radius 3 is 2.19 bits per heavy atom. The molecule has 0 spiro atoms. The molecule has 2 aromatic carbocycles. The van der Waals surface area contributed by atoms with Crippen LogP contribution in [0.25, 0.3) is 10.8 Å². The van der Waals surface area contributed by atoms with Crippen LogP contribution < -0.4 is 4.74 Å². The van der Waals surface area contributed by atoms with Gasteiger partial charge in [-0.3, -0.25) is 0 Å². The number of fused-ring (bicyclic) bond motifs is 1. The average molecular weight is 385 g/mol. The maximum absolute atomic E-state index is 10.6. The quantitative estimate of drug-likeness (QED) is 0.372. The normalized spacial score (nSPS) is 11.9. The molecule has 0 atom stereocenters. The van der Waals surface area contributed by atoms with Crippen LogP contribution in [0, 0.1) is 11.5 Å². The first-order valence-corrected chi connectivity index (χ1v) is 11.9. The van der Waals surface area contributed by atoms with Crippen molar-refractivity contribution in [2.24, 2.45) is 0 Å². The lowest BCUT2D eigenvalue weighted by atomic mass is 10.0. The Balaban J connectivity index is 2.59. The minimum Gasteiger partial charge on any atom is -0.507 e. The van der Waals surface area contributed by atoms with Crippen LogP contribution in [-0.4, -0.2) is 27.1 Å². The van der Waals surface area contributed by atoms with E-state index in [0.717, 1.165) is 16.3 Å². The Hall–Kier alpha value is -1.96. The molecule has 0 unspecified atom stereocenters. The molecular weight excluding hydrogens is 352 g/mol. The summed E-state index contributed by atoms with van der Waals surface area (Å²) in [6, 6.07) is 9.49. The molecule has 27 heavy (non-hydrogen) atoms. The van der Waals surface area contributed by atoms with Gasteiger partial charge in [0, 0.05) is 24.1 Å². The molecule has 0 aliphatic carbocycles. The van der Waals surface area contributed by atoms with E-state index in [1.807, 2.05) is 24.3 Å². The van der Waals surface area contributed by atoms with E-state index in [1.54, 1.807) is 13.2 Å². The largest absolute Gasteiger partial charge is 0.507 e. The molecule has 2 rings (SSSR count). The van der Waals surface area contributed by atoms with Gasteiger partial charge in [-0.2, -0.15) is 0 Å². The Morgan fingerprint density at radius 2 is 1.63 bits per heavy atom. The summed E-state index contributed by atoms with van der Waals surface area (Å²) in [6.45, 7) is 14.0. The monoisotopic (exact) mass is 384 g/mol. The molecule has 0 bridgehead atoms. The van der Waals surface area contributed by atoms with Crippen LogP contribution in [0.5, 0.6) is 11.5 Å². The van der Waals surface area contributed by atoms with E-state index in [-0.39, 0.29) is 12.5 Å². The predicted octanol–water partition coefficient (Wildman–Crippen LogP) is 6.10. The number of hydrogen-bond donors (Lipinski definition) is 1. The van der Waals surface area contributed by atoms with Gasteiger partial charge in [0.2, 0.25) is 0 Å². The van der Waals surface area contributed by atoms with Crippen molar-refractivity contribution in [3.63, 3.8) is 0 Å². The maximum Gasteiger partial charge on any atom is 0.188 e. The number of phenolic OH excluding ortho intramolecular Hbond substituents is 1. The second-order valence-corrected chi connectivity index (χ2v) is 13.6. The van der Waals surface area contributed by atoms with Gasteiger partial charge in [-0.15, -0.1) is 5.54 Å². The van der Waals surface area contributed by atoms with Crippen molar-refractivity contribution in [2.75, 3.05) is 13.9 Å². The molecule has 0 heterocycles. The molecule has 4 heteroatoms. The van der Waals surface area contributed by atoms with Gasteiger partial charge in [-0.25, -0.2) is 0 Å². The lowest BCUT2D eigenvalue weighted by molar-refractivity contribution is 0.0511. The van der Waals surface area contributed by atoms with Crippen LogP contribution in [0.15, 0.2) is 30.3 Å². The van der Waals surface area contributed by atoms with Crippen molar-refractivity contribution in [1.29, 1.82) is 0 Å². The van der Waals surface area contributed by atoms with Crippen molar-refractivity contribution in [3.8, 4) is 23.0 Å². The van der Waals surface area contributed by atoms with Gasteiger partial charge in [-0.05, 0) is 34.1 Å². The molecule has 146 valence electrons. The molecule has 0 aliphatic heterocycles. The third kappa shape index (κ3) is 4.31. The Labute approximate surface area is 164 Å². The van der Waals surface area contributed by atoms with Crippen molar-refractivity contribution < 1.29 is 14.6 Å². The first-order valence-electron chi connectivity index (χ1n) is 9.64. The van der Waals surface area contributed by atoms with Crippen molar-refractivity contribution in [3.05, 3.63) is 35.9 Å². The molecule has 0 aliphatic rings. The molecule has 3 nitrogen and oxygen atoms in total. The Kier molecular flexibility index (Phi) is 6.97. The van der Waals surface area contributed by atoms with E-state index in [4.69, 9.17) is 9.47 Å². The molecule has 0 aromatic heterocycles. The molecule has 0 saturated heterocycles. The molecule has 0 fully saturated rings. The second kappa shape index (κ2) is 8.82. The van der Waals surface area contributed by atoms with E-state index in [9.17, 15) is 5.11 Å². The van der Waals surface area contributed by atoms with Crippen LogP contribution >= 0.6 is 0 Å². The zero-order valence-electron chi connectivity index (χ0n) is 17.6. The predicted molar refractivity (Wildman–Crippen MR) is 116 cm³/mol. The second-order valence-electron chi connectivity index (χ2n) is 8.04. The van der Waals surface area contributed by atoms with E-state index >= 15 is 0 Å². The highest BCUT2D eigenvalue weighted by Gasteiger charge is 2.41. The van der Waals surface area contributed by atoms with Crippen LogP contribution in [0.1, 0.15) is 47.1 Å². The fourth-order valence-electron chi connectivity index (χ4n) is 4.30. The zero-order chi connectivity index (χ0) is 20.2. The van der Waals surface area contributed by atoms with Gasteiger partial charge >= 0.3 is 0 Å². The Morgan fingerprint density at radius 1 is 1.00 bits per heavy atom. The first-order chi connectivity index (χ1) is 12.7. The first kappa shape index (κ1) is 21.3. The van der Waals surface area contributed by atoms with Gasteiger partial charge in [0.1, 0.15) is 19.6 Å². The third-order valence-electron chi connectivity index (χ3n) is 5.55. The number of phenols is 1. The summed E-state index contributed by atoms with van der Waals surface area (Å²) in [7, 11) is -0.255. The summed E-state index contributed by atoms with van der Waals surface area (Å²) >= 11 is 0. The third-order valence-corrected chi connectivity index (χ3v) is 11.8. The SMILES string of the molecule is COCOc1cc(O)c2c(C#C[Si](C(C)C)(C(C)C)C(C)C)cccc2c1. The maximum atomic E-state index is 10.6. The van der Waals surface area contributed by atoms with Crippen LogP contribution in [0.4, 0.5) is 0 Å². The zero-order valence-corrected chi connectivity index (χ0v) is 18.6. The number of hydrogen-bond acceptors (Lipinski definition) is 3. The molecule has 0 amide bonds. The molecule has 2 aromatic rings. The van der Waals surface area contributed by atoms with E-state index < -0.39 is 8.07 Å². The summed E-state index contributed by atoms with van der Waals surface area (Å²) in [6.07, 6.45) is 0. The highest BCUT2D eigenvalue weighted by molar-refractivity contribution is 6.90. The van der Waals surface area contributed by atoms with Crippen LogP contribution in [-0.2, 0) is 4.74 Å². The fourth-order valence-corrected chi connectivity index (χ4v) is 9.52. The van der Waals surface area contributed by atoms with E-state index in [0.29, 0.717) is 22.4 Å². The summed E-state index contributed by atoms with van der Waals surface area (Å²) in [5, 5.41) is 12.3. The van der Waals surface area contributed by atoms with Gasteiger partial charge in [0.25, 0.3) is 0 Å². The lowest BCUT2D eigenvalue weighted by Crippen LogP contribution is -2.43. The molecule has 0 radical (unpaired) electrons. The minimum absolute atomic E-state index is 0.149. The van der Waals surface area contributed by atoms with Crippen molar-refractivity contribution in [1.82, 2.24) is 0 Å². The van der Waals surface area contributed by atoms with Gasteiger partial charge < -0.3 is 14.6 Å². The smallest absolute Gasteiger partial charge is 0.188 e. The highest BCUT2D eigenvalue weighted by atomic mass is 28.3. The van der Waals surface area contributed by atoms with Gasteiger partial charge in [-0.1, -0.05) is 59.6 Å².